The summed E-state index contributed by atoms with van der Waals surface area (Å²) in [6.07, 6.45) is 7.51. The second-order valence-electron chi connectivity index (χ2n) is 7.02. The topological polar surface area (TPSA) is 108 Å². The van der Waals surface area contributed by atoms with Gasteiger partial charge >= 0.3 is 0 Å². The quantitative estimate of drug-likeness (QED) is 0.373. The van der Waals surface area contributed by atoms with E-state index in [4.69, 9.17) is 6.42 Å². The number of carbonyl (C=O) groups is 2. The monoisotopic (exact) mass is 445 g/mol. The van der Waals surface area contributed by atoms with Crippen LogP contribution in [0, 0.1) is 24.2 Å². The molecule has 3 heterocycles. The first-order valence-corrected chi connectivity index (χ1v) is 9.84. The van der Waals surface area contributed by atoms with Crippen LogP contribution in [-0.4, -0.2) is 51.2 Å². The number of hydrogen-bond donors (Lipinski definition) is 2. The molecule has 0 bridgehead atoms. The fraction of sp³-hybridized carbons (Fsp3) is 0.333. The van der Waals surface area contributed by atoms with Crippen molar-refractivity contribution in [3.63, 3.8) is 0 Å². The highest BCUT2D eigenvalue weighted by molar-refractivity contribution is 5.99. The third kappa shape index (κ3) is 4.39. The van der Waals surface area contributed by atoms with E-state index in [1.54, 1.807) is 11.9 Å². The average molecular weight is 445 g/mol. The number of nitrogens with zero attached hydrogens (tertiary/aromatic N) is 4. The molecule has 0 saturated heterocycles. The molecule has 2 amide bonds. The maximum Gasteiger partial charge on any atom is 0.277 e. The standard InChI is InChI=1S/C21H21F2N5O4/c1-3-5-6-9-27-12-26(4-2)21(32)16-18(30)17(29)14(11-28(16)27)20(31)24-10-13-7-8-15(22)25-19(13)23/h1,7-8,11,30H,4-6,9-10,12H2,2H3,(H,24,31). The highest BCUT2D eigenvalue weighted by Gasteiger charge is 2.33. The van der Waals surface area contributed by atoms with Gasteiger partial charge in [0.1, 0.15) is 12.2 Å². The Balaban J connectivity index is 1.94. The molecule has 0 radical (unpaired) electrons. The van der Waals surface area contributed by atoms with Gasteiger partial charge in [0.15, 0.2) is 11.4 Å². The minimum Gasteiger partial charge on any atom is -0.502 e. The second kappa shape index (κ2) is 9.47. The van der Waals surface area contributed by atoms with Gasteiger partial charge in [0.05, 0.1) is 0 Å². The summed E-state index contributed by atoms with van der Waals surface area (Å²) in [6, 6.07) is 2.05. The summed E-state index contributed by atoms with van der Waals surface area (Å²) in [4.78, 5) is 42.5. The van der Waals surface area contributed by atoms with E-state index >= 15 is 0 Å². The predicted molar refractivity (Wildman–Crippen MR) is 110 cm³/mol. The number of aromatic nitrogens is 2. The van der Waals surface area contributed by atoms with Gasteiger partial charge in [0.25, 0.3) is 11.8 Å². The average Bonchev–Trinajstić information content (AvgIpc) is 2.76. The van der Waals surface area contributed by atoms with Crippen molar-refractivity contribution in [2.45, 2.75) is 26.3 Å². The van der Waals surface area contributed by atoms with Gasteiger partial charge in [0.2, 0.25) is 17.3 Å². The number of pyridine rings is 2. The van der Waals surface area contributed by atoms with Crippen LogP contribution in [-0.2, 0) is 6.54 Å². The number of aromatic hydroxyl groups is 1. The summed E-state index contributed by atoms with van der Waals surface area (Å²) in [5.74, 6) is -1.91. The fourth-order valence-corrected chi connectivity index (χ4v) is 3.28. The molecular weight excluding hydrogens is 424 g/mol. The van der Waals surface area contributed by atoms with Crippen molar-refractivity contribution in [3.05, 3.63) is 57.3 Å². The SMILES string of the molecule is C#CCCCN1CN(CC)C(=O)c2c(O)c(=O)c(C(=O)NCc3ccc(F)nc3F)cn21. The van der Waals surface area contributed by atoms with Crippen molar-refractivity contribution >= 4 is 11.8 Å². The van der Waals surface area contributed by atoms with Crippen molar-refractivity contribution in [3.8, 4) is 18.1 Å². The number of carbonyl (C=O) groups excluding carboxylic acids is 2. The summed E-state index contributed by atoms with van der Waals surface area (Å²) in [6.45, 7) is 2.30. The van der Waals surface area contributed by atoms with Gasteiger partial charge in [-0.05, 0) is 25.5 Å². The van der Waals surface area contributed by atoms with Crippen molar-refractivity contribution in [2.75, 3.05) is 24.8 Å². The van der Waals surface area contributed by atoms with Crippen molar-refractivity contribution in [1.29, 1.82) is 0 Å². The number of amides is 2. The van der Waals surface area contributed by atoms with Gasteiger partial charge in [-0.25, -0.2) is 0 Å². The first-order valence-electron chi connectivity index (χ1n) is 9.84. The lowest BCUT2D eigenvalue weighted by Crippen LogP contribution is -2.54. The van der Waals surface area contributed by atoms with Crippen molar-refractivity contribution < 1.29 is 23.5 Å². The number of terminal acetylenes is 1. The van der Waals surface area contributed by atoms with Gasteiger partial charge in [-0.2, -0.15) is 13.8 Å². The zero-order valence-electron chi connectivity index (χ0n) is 17.3. The summed E-state index contributed by atoms with van der Waals surface area (Å²) >= 11 is 0. The lowest BCUT2D eigenvalue weighted by Gasteiger charge is -2.39. The molecule has 0 aromatic carbocycles. The number of rotatable bonds is 7. The molecular formula is C21H21F2N5O4. The first kappa shape index (κ1) is 22.7. The molecule has 1 aliphatic heterocycles. The zero-order chi connectivity index (χ0) is 23.4. The van der Waals surface area contributed by atoms with Crippen LogP contribution in [0.4, 0.5) is 8.78 Å². The van der Waals surface area contributed by atoms with E-state index in [1.807, 2.05) is 0 Å². The van der Waals surface area contributed by atoms with E-state index in [0.29, 0.717) is 25.9 Å². The molecule has 2 aromatic heterocycles. The first-order chi connectivity index (χ1) is 15.3. The number of nitrogens with one attached hydrogen (secondary N) is 1. The van der Waals surface area contributed by atoms with Crippen LogP contribution in [0.15, 0.2) is 23.1 Å². The Bertz CT molecular complexity index is 1160. The summed E-state index contributed by atoms with van der Waals surface area (Å²) < 4.78 is 27.9. The van der Waals surface area contributed by atoms with Gasteiger partial charge in [-0.15, -0.1) is 12.3 Å². The molecule has 0 saturated carbocycles. The number of halogens is 2. The molecule has 32 heavy (non-hydrogen) atoms. The van der Waals surface area contributed by atoms with E-state index in [1.165, 1.54) is 9.58 Å². The minimum atomic E-state index is -1.10. The van der Waals surface area contributed by atoms with E-state index in [-0.39, 0.29) is 24.5 Å². The molecule has 9 nitrogen and oxygen atoms in total. The molecule has 2 aromatic rings. The second-order valence-corrected chi connectivity index (χ2v) is 7.02. The molecule has 0 unspecified atom stereocenters. The number of unbranched alkanes of at least 4 members (excludes halogenated alkanes) is 1. The smallest absolute Gasteiger partial charge is 0.277 e. The van der Waals surface area contributed by atoms with Crippen LogP contribution < -0.4 is 15.8 Å². The Morgan fingerprint density at radius 3 is 2.75 bits per heavy atom. The van der Waals surface area contributed by atoms with Crippen LogP contribution in [0.2, 0.25) is 0 Å². The maximum absolute atomic E-state index is 13.7. The van der Waals surface area contributed by atoms with E-state index in [2.05, 4.69) is 16.2 Å². The summed E-state index contributed by atoms with van der Waals surface area (Å²) in [5.41, 5.74) is -1.83. The zero-order valence-corrected chi connectivity index (χ0v) is 17.3. The van der Waals surface area contributed by atoms with Gasteiger partial charge in [-0.1, -0.05) is 0 Å². The van der Waals surface area contributed by atoms with Crippen LogP contribution in [0.1, 0.15) is 46.2 Å². The summed E-state index contributed by atoms with van der Waals surface area (Å²) in [7, 11) is 0. The normalized spacial score (nSPS) is 13.0. The Labute approximate surface area is 182 Å². The maximum atomic E-state index is 13.7. The molecule has 2 N–H and O–H groups in total. The van der Waals surface area contributed by atoms with Crippen molar-refractivity contribution in [2.24, 2.45) is 0 Å². The van der Waals surface area contributed by atoms with Gasteiger partial charge in [-0.3, -0.25) is 24.1 Å². The lowest BCUT2D eigenvalue weighted by molar-refractivity contribution is 0.0695. The van der Waals surface area contributed by atoms with E-state index in [0.717, 1.165) is 18.3 Å². The third-order valence-electron chi connectivity index (χ3n) is 4.99. The summed E-state index contributed by atoms with van der Waals surface area (Å²) in [5, 5.41) is 14.5. The Hall–Kier alpha value is -3.94. The predicted octanol–water partition coefficient (Wildman–Crippen LogP) is 0.942. The molecule has 11 heteroatoms. The lowest BCUT2D eigenvalue weighted by atomic mass is 10.1. The Kier molecular flexibility index (Phi) is 6.73. The van der Waals surface area contributed by atoms with Crippen molar-refractivity contribution in [1.82, 2.24) is 19.9 Å². The van der Waals surface area contributed by atoms with Gasteiger partial charge < -0.3 is 15.3 Å². The minimum absolute atomic E-state index is 0.0910. The molecule has 3 rings (SSSR count). The Morgan fingerprint density at radius 2 is 2.09 bits per heavy atom. The van der Waals surface area contributed by atoms with Crippen LogP contribution in [0.5, 0.6) is 5.75 Å². The largest absolute Gasteiger partial charge is 0.502 e. The van der Waals surface area contributed by atoms with Crippen LogP contribution >= 0.6 is 0 Å². The highest BCUT2D eigenvalue weighted by atomic mass is 19.1. The molecule has 0 fully saturated rings. The molecule has 0 atom stereocenters. The highest BCUT2D eigenvalue weighted by Crippen LogP contribution is 2.21. The van der Waals surface area contributed by atoms with Crippen LogP contribution in [0.25, 0.3) is 0 Å². The van der Waals surface area contributed by atoms with Gasteiger partial charge in [0, 0.05) is 37.8 Å². The molecule has 168 valence electrons. The van der Waals surface area contributed by atoms with E-state index in [9.17, 15) is 28.3 Å². The number of fused-ring (bicyclic) bond motifs is 1. The fourth-order valence-electron chi connectivity index (χ4n) is 3.28. The number of hydrogen-bond acceptors (Lipinski definition) is 6. The molecule has 0 aliphatic carbocycles. The molecule has 0 spiro atoms. The third-order valence-corrected chi connectivity index (χ3v) is 4.99. The molecule has 1 aliphatic rings. The van der Waals surface area contributed by atoms with Crippen LogP contribution in [0.3, 0.4) is 0 Å². The Morgan fingerprint density at radius 1 is 1.34 bits per heavy atom. The van der Waals surface area contributed by atoms with E-state index < -0.39 is 40.5 Å².